The van der Waals surface area contributed by atoms with Crippen molar-refractivity contribution in [1.82, 2.24) is 5.06 Å². The number of thiophene rings is 1. The first kappa shape index (κ1) is 20.6. The van der Waals surface area contributed by atoms with Crippen LogP contribution in [0.25, 0.3) is 10.8 Å². The Morgan fingerprint density at radius 3 is 2.55 bits per heavy atom. The molecule has 0 saturated heterocycles. The number of hydrogen-bond acceptors (Lipinski definition) is 5. The first-order chi connectivity index (χ1) is 15.0. The molecule has 4 aromatic rings. The Kier molecular flexibility index (Phi) is 5.97. The number of aromatic hydroxyl groups is 1. The number of nitrogens with zero attached hydrogens (tertiary/aromatic N) is 2. The Labute approximate surface area is 183 Å². The number of aliphatic imine (C=N–C) groups is 1. The number of phenolic OH excluding ortho intramolecular Hbond substituents is 1. The second-order valence-electron chi connectivity index (χ2n) is 7.04. The average Bonchev–Trinajstić information content (AvgIpc) is 3.33. The summed E-state index contributed by atoms with van der Waals surface area (Å²) in [5.41, 5.74) is 7.92. The van der Waals surface area contributed by atoms with Crippen molar-refractivity contribution >= 4 is 39.5 Å². The fourth-order valence-electron chi connectivity index (χ4n) is 3.26. The number of carbonyl (C=O) groups excluding carboxylic acids is 1. The van der Waals surface area contributed by atoms with Crippen LogP contribution >= 0.6 is 11.3 Å². The normalized spacial score (nSPS) is 11.6. The Morgan fingerprint density at radius 1 is 1.03 bits per heavy atom. The summed E-state index contributed by atoms with van der Waals surface area (Å²) in [6.45, 7) is 0.117. The van der Waals surface area contributed by atoms with Crippen LogP contribution in [0, 0.1) is 0 Å². The van der Waals surface area contributed by atoms with Crippen molar-refractivity contribution < 1.29 is 15.1 Å². The third kappa shape index (κ3) is 4.74. The zero-order valence-electron chi connectivity index (χ0n) is 16.6. The minimum atomic E-state index is -0.564. The van der Waals surface area contributed by atoms with E-state index < -0.39 is 5.91 Å². The van der Waals surface area contributed by atoms with Crippen molar-refractivity contribution in [2.24, 2.45) is 10.7 Å². The number of rotatable bonds is 6. The number of amides is 1. The van der Waals surface area contributed by atoms with Gasteiger partial charge in [-0.05, 0) is 53.1 Å². The smallest absolute Gasteiger partial charge is 0.277 e. The van der Waals surface area contributed by atoms with Gasteiger partial charge in [0.2, 0.25) is 0 Å². The van der Waals surface area contributed by atoms with Gasteiger partial charge in [-0.25, -0.2) is 10.1 Å². The van der Waals surface area contributed by atoms with Crippen molar-refractivity contribution in [1.29, 1.82) is 0 Å². The molecule has 1 aromatic heterocycles. The number of hydrogen-bond donors (Lipinski definition) is 3. The van der Waals surface area contributed by atoms with E-state index in [1.165, 1.54) is 17.4 Å². The van der Waals surface area contributed by atoms with E-state index in [0.29, 0.717) is 22.7 Å². The van der Waals surface area contributed by atoms with Gasteiger partial charge in [0.1, 0.15) is 11.6 Å². The topological polar surface area (TPSA) is 99.1 Å². The van der Waals surface area contributed by atoms with Gasteiger partial charge in [-0.2, -0.15) is 0 Å². The number of phenols is 1. The Hall–Kier alpha value is -3.68. The molecule has 0 aliphatic heterocycles. The molecule has 1 amide bonds. The van der Waals surface area contributed by atoms with Crippen LogP contribution in [0.3, 0.4) is 0 Å². The van der Waals surface area contributed by atoms with Crippen LogP contribution in [0.1, 0.15) is 20.8 Å². The molecule has 0 radical (unpaired) electrons. The lowest BCUT2D eigenvalue weighted by Gasteiger charge is -2.16. The molecule has 4 N–H and O–H groups in total. The standard InChI is InChI=1S/C24H21N3O3S/c25-23(22-6-3-13-31-22)26-19-9-7-16(8-10-19)11-12-27(30)24(29)18-14-17-4-1-2-5-20(17)21(28)15-18/h1-10,13-15,28,30H,11-12H2,(H2,25,26). The third-order valence-electron chi connectivity index (χ3n) is 4.89. The van der Waals surface area contributed by atoms with Crippen molar-refractivity contribution in [3.8, 4) is 5.75 Å². The summed E-state index contributed by atoms with van der Waals surface area (Å²) in [5.74, 6) is -0.0904. The zero-order chi connectivity index (χ0) is 21.8. The van der Waals surface area contributed by atoms with Gasteiger partial charge in [0.25, 0.3) is 5.91 Å². The largest absolute Gasteiger partial charge is 0.507 e. The summed E-state index contributed by atoms with van der Waals surface area (Å²) in [5, 5.41) is 24.4. The van der Waals surface area contributed by atoms with Crippen LogP contribution in [0.2, 0.25) is 0 Å². The molecule has 0 aliphatic carbocycles. The second-order valence-corrected chi connectivity index (χ2v) is 7.98. The molecule has 0 fully saturated rings. The lowest BCUT2D eigenvalue weighted by atomic mass is 10.1. The van der Waals surface area contributed by atoms with Gasteiger partial charge >= 0.3 is 0 Å². The minimum Gasteiger partial charge on any atom is -0.507 e. The number of benzene rings is 3. The van der Waals surface area contributed by atoms with E-state index in [-0.39, 0.29) is 17.9 Å². The number of amidine groups is 1. The molecule has 3 aromatic carbocycles. The van der Waals surface area contributed by atoms with E-state index in [9.17, 15) is 15.1 Å². The van der Waals surface area contributed by atoms with E-state index in [2.05, 4.69) is 4.99 Å². The molecule has 0 atom stereocenters. The first-order valence-corrected chi connectivity index (χ1v) is 10.6. The average molecular weight is 432 g/mol. The lowest BCUT2D eigenvalue weighted by Crippen LogP contribution is -2.29. The Morgan fingerprint density at radius 2 is 1.81 bits per heavy atom. The van der Waals surface area contributed by atoms with Crippen LogP contribution in [0.4, 0.5) is 5.69 Å². The molecular weight excluding hydrogens is 410 g/mol. The highest BCUT2D eigenvalue weighted by Crippen LogP contribution is 2.27. The predicted molar refractivity (Wildman–Crippen MR) is 123 cm³/mol. The Bertz CT molecular complexity index is 1230. The van der Waals surface area contributed by atoms with Gasteiger partial charge in [0, 0.05) is 10.9 Å². The molecule has 7 heteroatoms. The quantitative estimate of drug-likeness (QED) is 0.178. The molecule has 0 unspecified atom stereocenters. The van der Waals surface area contributed by atoms with E-state index >= 15 is 0 Å². The fraction of sp³-hybridized carbons (Fsp3) is 0.0833. The highest BCUT2D eigenvalue weighted by molar-refractivity contribution is 7.12. The van der Waals surface area contributed by atoms with Crippen molar-refractivity contribution in [2.45, 2.75) is 6.42 Å². The monoisotopic (exact) mass is 431 g/mol. The van der Waals surface area contributed by atoms with Gasteiger partial charge in [-0.3, -0.25) is 10.0 Å². The number of fused-ring (bicyclic) bond motifs is 1. The second kappa shape index (κ2) is 8.99. The first-order valence-electron chi connectivity index (χ1n) is 9.71. The van der Waals surface area contributed by atoms with E-state index in [1.807, 2.05) is 60.0 Å². The summed E-state index contributed by atoms with van der Waals surface area (Å²) >= 11 is 1.53. The van der Waals surface area contributed by atoms with Gasteiger partial charge in [0.05, 0.1) is 17.1 Å². The van der Waals surface area contributed by atoms with Crippen LogP contribution in [-0.4, -0.2) is 33.7 Å². The maximum Gasteiger partial charge on any atom is 0.277 e. The fourth-order valence-corrected chi connectivity index (χ4v) is 3.88. The summed E-state index contributed by atoms with van der Waals surface area (Å²) < 4.78 is 0. The highest BCUT2D eigenvalue weighted by Gasteiger charge is 2.16. The molecule has 0 spiro atoms. The van der Waals surface area contributed by atoms with Gasteiger partial charge in [-0.1, -0.05) is 42.5 Å². The van der Waals surface area contributed by atoms with E-state index in [0.717, 1.165) is 21.5 Å². The predicted octanol–water partition coefficient (Wildman–Crippen LogP) is 4.72. The summed E-state index contributed by atoms with van der Waals surface area (Å²) in [6, 6.07) is 21.6. The molecule has 0 saturated carbocycles. The zero-order valence-corrected chi connectivity index (χ0v) is 17.4. The van der Waals surface area contributed by atoms with Crippen LogP contribution in [-0.2, 0) is 6.42 Å². The molecule has 6 nitrogen and oxygen atoms in total. The number of carbonyl (C=O) groups is 1. The molecule has 1 heterocycles. The minimum absolute atomic E-state index is 0.00724. The number of nitrogens with two attached hydrogens (primary N) is 1. The van der Waals surface area contributed by atoms with Crippen molar-refractivity contribution in [3.63, 3.8) is 0 Å². The van der Waals surface area contributed by atoms with E-state index in [1.54, 1.807) is 12.1 Å². The molecule has 0 aliphatic rings. The molecule has 4 rings (SSSR count). The van der Waals surface area contributed by atoms with E-state index in [4.69, 9.17) is 5.73 Å². The molecule has 0 bridgehead atoms. The molecular formula is C24H21N3O3S. The number of hydroxylamine groups is 2. The summed E-state index contributed by atoms with van der Waals surface area (Å²) in [4.78, 5) is 17.9. The summed E-state index contributed by atoms with van der Waals surface area (Å²) in [6.07, 6.45) is 0.464. The lowest BCUT2D eigenvalue weighted by molar-refractivity contribution is -0.0571. The Balaban J connectivity index is 1.40. The summed E-state index contributed by atoms with van der Waals surface area (Å²) in [7, 11) is 0. The third-order valence-corrected chi connectivity index (χ3v) is 5.79. The van der Waals surface area contributed by atoms with Crippen LogP contribution in [0.5, 0.6) is 5.75 Å². The van der Waals surface area contributed by atoms with Gasteiger partial charge in [0.15, 0.2) is 0 Å². The highest BCUT2D eigenvalue weighted by atomic mass is 32.1. The van der Waals surface area contributed by atoms with Crippen molar-refractivity contribution in [2.75, 3.05) is 6.54 Å². The SMILES string of the molecule is NC(=Nc1ccc(CCN(O)C(=O)c2cc(O)c3ccccc3c2)cc1)c1cccs1. The van der Waals surface area contributed by atoms with Gasteiger partial charge in [-0.15, -0.1) is 11.3 Å². The molecule has 31 heavy (non-hydrogen) atoms. The van der Waals surface area contributed by atoms with Crippen molar-refractivity contribution in [3.05, 3.63) is 94.2 Å². The van der Waals surface area contributed by atoms with Crippen LogP contribution in [0.15, 0.2) is 83.2 Å². The maximum atomic E-state index is 12.6. The maximum absolute atomic E-state index is 12.6. The van der Waals surface area contributed by atoms with Gasteiger partial charge < -0.3 is 10.8 Å². The van der Waals surface area contributed by atoms with Crippen LogP contribution < -0.4 is 5.73 Å². The molecule has 156 valence electrons.